The molecule has 3 aromatic rings. The summed E-state index contributed by atoms with van der Waals surface area (Å²) in [5.74, 6) is 7.30. The van der Waals surface area contributed by atoms with Gasteiger partial charge in [-0.15, -0.1) is 22.0 Å². The lowest BCUT2D eigenvalue weighted by Crippen LogP contribution is -2.33. The largest absolute Gasteiger partial charge is 0.461 e. The molecule has 4 rings (SSSR count). The minimum absolute atomic E-state index is 0.0321. The molecule has 1 atom stereocenters. The highest BCUT2D eigenvalue weighted by Crippen LogP contribution is 2.37. The van der Waals surface area contributed by atoms with Crippen molar-refractivity contribution >= 4 is 35.1 Å². The first-order chi connectivity index (χ1) is 13.1. The zero-order valence-corrected chi connectivity index (χ0v) is 16.4. The van der Waals surface area contributed by atoms with E-state index in [-0.39, 0.29) is 11.7 Å². The molecule has 0 unspecified atom stereocenters. The average Bonchev–Trinajstić information content (AvgIpc) is 3.27. The molecule has 2 aromatic heterocycles. The molecule has 0 aliphatic carbocycles. The Hall–Kier alpha value is -2.39. The predicted molar refractivity (Wildman–Crippen MR) is 107 cm³/mol. The lowest BCUT2D eigenvalue weighted by molar-refractivity contribution is -0.116. The molecule has 1 aromatic carbocycles. The zero-order chi connectivity index (χ0) is 18.8. The molecule has 140 valence electrons. The van der Waals surface area contributed by atoms with Crippen LogP contribution in [0.2, 0.25) is 0 Å². The number of anilines is 1. The zero-order valence-electron chi connectivity index (χ0n) is 14.7. The number of nitrogens with zero attached hydrogens (tertiary/aromatic N) is 4. The van der Waals surface area contributed by atoms with Gasteiger partial charge in [-0.2, -0.15) is 0 Å². The summed E-state index contributed by atoms with van der Waals surface area (Å²) in [5, 5.41) is 9.08. The number of nitrogen functional groups attached to an aromatic ring is 1. The monoisotopic (exact) mass is 401 g/mol. The van der Waals surface area contributed by atoms with Crippen LogP contribution in [0.25, 0.3) is 11.6 Å². The number of nitrogens with two attached hydrogens (primary N) is 1. The molecule has 0 saturated carbocycles. The molecular weight excluding hydrogens is 382 g/mol. The van der Waals surface area contributed by atoms with Gasteiger partial charge in [0.25, 0.3) is 0 Å². The summed E-state index contributed by atoms with van der Waals surface area (Å²) in [4.78, 5) is 15.9. The molecule has 27 heavy (non-hydrogen) atoms. The number of hydrogen-bond acceptors (Lipinski definition) is 7. The summed E-state index contributed by atoms with van der Waals surface area (Å²) in [7, 11) is 0. The highest BCUT2D eigenvalue weighted by molar-refractivity contribution is 8.00. The van der Waals surface area contributed by atoms with Crippen molar-refractivity contribution in [1.82, 2.24) is 14.9 Å². The van der Waals surface area contributed by atoms with Gasteiger partial charge in [-0.05, 0) is 30.7 Å². The number of benzene rings is 1. The van der Waals surface area contributed by atoms with Crippen LogP contribution in [-0.2, 0) is 4.79 Å². The van der Waals surface area contributed by atoms with Crippen LogP contribution in [0, 0.1) is 0 Å². The van der Waals surface area contributed by atoms with E-state index in [1.165, 1.54) is 16.4 Å². The highest BCUT2D eigenvalue weighted by atomic mass is 32.2. The van der Waals surface area contributed by atoms with Crippen LogP contribution in [0.3, 0.4) is 0 Å². The Balaban J connectivity index is 1.49. The van der Waals surface area contributed by atoms with E-state index in [1.54, 1.807) is 18.4 Å². The number of rotatable bonds is 4. The molecule has 0 radical (unpaired) electrons. The molecule has 9 heteroatoms. The number of carbonyl (C=O) groups excluding carboxylic acids is 1. The van der Waals surface area contributed by atoms with Crippen LogP contribution in [0.1, 0.15) is 13.3 Å². The van der Waals surface area contributed by atoms with Crippen molar-refractivity contribution in [3.05, 3.63) is 42.7 Å². The minimum Gasteiger partial charge on any atom is -0.461 e. The van der Waals surface area contributed by atoms with Crippen LogP contribution in [-0.4, -0.2) is 38.3 Å². The van der Waals surface area contributed by atoms with Gasteiger partial charge in [0, 0.05) is 16.7 Å². The molecular formula is C18H19N5O2S2. The van der Waals surface area contributed by atoms with Gasteiger partial charge in [-0.1, -0.05) is 30.8 Å². The van der Waals surface area contributed by atoms with Crippen LogP contribution in [0.5, 0.6) is 0 Å². The number of amides is 1. The van der Waals surface area contributed by atoms with Crippen molar-refractivity contribution in [2.45, 2.75) is 28.6 Å². The normalized spacial score (nSPS) is 16.8. The van der Waals surface area contributed by atoms with Crippen molar-refractivity contribution in [2.24, 2.45) is 0 Å². The van der Waals surface area contributed by atoms with Crippen molar-refractivity contribution in [1.29, 1.82) is 0 Å². The second kappa shape index (κ2) is 7.69. The number of furan rings is 1. The van der Waals surface area contributed by atoms with Gasteiger partial charge in [0.2, 0.25) is 16.9 Å². The lowest BCUT2D eigenvalue weighted by atomic mass is 10.2. The molecule has 0 saturated heterocycles. The maximum atomic E-state index is 12.9. The van der Waals surface area contributed by atoms with E-state index >= 15 is 0 Å². The first kappa shape index (κ1) is 18.0. The maximum absolute atomic E-state index is 12.9. The number of thioether (sulfide) groups is 2. The Labute approximate surface area is 165 Å². The molecule has 7 nitrogen and oxygen atoms in total. The Morgan fingerprint density at radius 3 is 3.00 bits per heavy atom. The van der Waals surface area contributed by atoms with E-state index in [1.807, 2.05) is 34.9 Å². The Morgan fingerprint density at radius 1 is 1.33 bits per heavy atom. The van der Waals surface area contributed by atoms with E-state index in [2.05, 4.69) is 23.2 Å². The van der Waals surface area contributed by atoms with Crippen molar-refractivity contribution in [3.8, 4) is 11.6 Å². The first-order valence-corrected chi connectivity index (χ1v) is 10.4. The van der Waals surface area contributed by atoms with Crippen LogP contribution in [0.4, 0.5) is 5.69 Å². The molecule has 1 aliphatic heterocycles. The summed E-state index contributed by atoms with van der Waals surface area (Å²) in [5.41, 5.74) is 0.975. The Kier molecular flexibility index (Phi) is 5.13. The number of carbonyl (C=O) groups is 1. The van der Waals surface area contributed by atoms with Gasteiger partial charge < -0.3 is 15.2 Å². The van der Waals surface area contributed by atoms with Gasteiger partial charge >= 0.3 is 0 Å². The van der Waals surface area contributed by atoms with Gasteiger partial charge in [0.05, 0.1) is 17.7 Å². The molecule has 3 heterocycles. The van der Waals surface area contributed by atoms with Gasteiger partial charge in [0.1, 0.15) is 0 Å². The van der Waals surface area contributed by atoms with Crippen LogP contribution in [0.15, 0.2) is 57.1 Å². The smallest absolute Gasteiger partial charge is 0.237 e. The maximum Gasteiger partial charge on any atom is 0.237 e. The topological polar surface area (TPSA) is 90.2 Å². The fraction of sp³-hybridized carbons (Fsp3) is 0.278. The Bertz CT molecular complexity index is 941. The molecule has 0 fully saturated rings. The molecule has 1 amide bonds. The number of hydrogen-bond donors (Lipinski definition) is 1. The first-order valence-electron chi connectivity index (χ1n) is 8.56. The lowest BCUT2D eigenvalue weighted by Gasteiger charge is -2.22. The quantitative estimate of drug-likeness (QED) is 0.530. The van der Waals surface area contributed by atoms with E-state index in [4.69, 9.17) is 10.3 Å². The average molecular weight is 402 g/mol. The fourth-order valence-corrected chi connectivity index (χ4v) is 4.74. The molecule has 0 bridgehead atoms. The fourth-order valence-electron chi connectivity index (χ4n) is 2.90. The standard InChI is InChI=1S/C18H19N5O2S2/c1-12-8-9-22(13-5-2-3-7-15(13)27-12)16(24)11-26-18-21-20-17(23(18)19)14-6-4-10-25-14/h2-7,10,12H,8-9,11,19H2,1H3/t12-/m1/s1. The van der Waals surface area contributed by atoms with Crippen LogP contribution >= 0.6 is 23.5 Å². The minimum atomic E-state index is 0.0321. The summed E-state index contributed by atoms with van der Waals surface area (Å²) < 4.78 is 6.66. The Morgan fingerprint density at radius 2 is 2.19 bits per heavy atom. The van der Waals surface area contributed by atoms with Crippen molar-refractivity contribution in [2.75, 3.05) is 23.0 Å². The number of fused-ring (bicyclic) bond motifs is 1. The third-order valence-corrected chi connectivity index (χ3v) is 6.44. The van der Waals surface area contributed by atoms with E-state index in [0.29, 0.717) is 28.5 Å². The predicted octanol–water partition coefficient (Wildman–Crippen LogP) is 3.26. The second-order valence-electron chi connectivity index (χ2n) is 6.17. The summed E-state index contributed by atoms with van der Waals surface area (Å²) in [6, 6.07) is 11.6. The number of para-hydroxylation sites is 1. The number of aromatic nitrogens is 3. The third-order valence-electron chi connectivity index (χ3n) is 4.28. The summed E-state index contributed by atoms with van der Waals surface area (Å²) in [6.45, 7) is 2.90. The van der Waals surface area contributed by atoms with Crippen molar-refractivity contribution < 1.29 is 9.21 Å². The summed E-state index contributed by atoms with van der Waals surface area (Å²) >= 11 is 3.09. The van der Waals surface area contributed by atoms with Crippen LogP contribution < -0.4 is 10.7 Å². The van der Waals surface area contributed by atoms with Gasteiger partial charge in [0.15, 0.2) is 5.76 Å². The highest BCUT2D eigenvalue weighted by Gasteiger charge is 2.25. The molecule has 2 N–H and O–H groups in total. The van der Waals surface area contributed by atoms with E-state index in [0.717, 1.165) is 17.0 Å². The van der Waals surface area contributed by atoms with Gasteiger partial charge in [-0.3, -0.25) is 4.79 Å². The SMILES string of the molecule is C[C@@H]1CCN(C(=O)CSc2nnc(-c3ccco3)n2N)c2ccccc2S1. The summed E-state index contributed by atoms with van der Waals surface area (Å²) in [6.07, 6.45) is 2.50. The molecule has 0 spiro atoms. The van der Waals surface area contributed by atoms with Gasteiger partial charge in [-0.25, -0.2) is 4.68 Å². The van der Waals surface area contributed by atoms with E-state index in [9.17, 15) is 4.79 Å². The second-order valence-corrected chi connectivity index (χ2v) is 8.60. The third kappa shape index (κ3) is 3.70. The van der Waals surface area contributed by atoms with E-state index < -0.39 is 0 Å². The molecule has 1 aliphatic rings. The van der Waals surface area contributed by atoms with Crippen molar-refractivity contribution in [3.63, 3.8) is 0 Å².